The summed E-state index contributed by atoms with van der Waals surface area (Å²) in [5.41, 5.74) is 3.28. The van der Waals surface area contributed by atoms with E-state index in [1.54, 1.807) is 6.07 Å². The molecule has 0 aromatic heterocycles. The van der Waals surface area contributed by atoms with Crippen LogP contribution in [0.1, 0.15) is 37.7 Å². The molecule has 1 fully saturated rings. The van der Waals surface area contributed by atoms with Crippen molar-refractivity contribution in [2.45, 2.75) is 38.1 Å². The molecule has 0 spiro atoms. The fourth-order valence-corrected chi connectivity index (χ4v) is 2.22. The summed E-state index contributed by atoms with van der Waals surface area (Å²) in [6.45, 7) is 0. The monoisotopic (exact) mass is 235 g/mol. The van der Waals surface area contributed by atoms with Crippen molar-refractivity contribution in [1.29, 1.82) is 0 Å². The first kappa shape index (κ1) is 12.0. The number of aliphatic imine (C=N–C) groups is 1. The first-order valence-corrected chi connectivity index (χ1v) is 6.10. The van der Waals surface area contributed by atoms with E-state index >= 15 is 0 Å². The average Bonchev–Trinajstić information content (AvgIpc) is 2.37. The van der Waals surface area contributed by atoms with Crippen LogP contribution in [0.5, 0.6) is 0 Å². The fourth-order valence-electron chi connectivity index (χ4n) is 2.22. The van der Waals surface area contributed by atoms with Gasteiger partial charge in [-0.2, -0.15) is 0 Å². The summed E-state index contributed by atoms with van der Waals surface area (Å²) in [5, 5.41) is 0. The SMILES string of the molecule is NNC(=NC1CCCCC1)c1cccc(F)c1. The van der Waals surface area contributed by atoms with Crippen LogP contribution in [-0.2, 0) is 0 Å². The normalized spacial score (nSPS) is 18.1. The van der Waals surface area contributed by atoms with E-state index in [4.69, 9.17) is 5.84 Å². The zero-order valence-electron chi connectivity index (χ0n) is 9.82. The molecule has 1 aromatic rings. The van der Waals surface area contributed by atoms with Gasteiger partial charge in [-0.25, -0.2) is 10.2 Å². The predicted octanol–water partition coefficient (Wildman–Crippen LogP) is 2.37. The van der Waals surface area contributed by atoms with E-state index in [1.807, 2.05) is 6.07 Å². The molecule has 1 aliphatic rings. The summed E-state index contributed by atoms with van der Waals surface area (Å²) >= 11 is 0. The van der Waals surface area contributed by atoms with Crippen molar-refractivity contribution in [3.63, 3.8) is 0 Å². The van der Waals surface area contributed by atoms with Crippen molar-refractivity contribution in [2.75, 3.05) is 0 Å². The Bertz CT molecular complexity index is 397. The van der Waals surface area contributed by atoms with Crippen LogP contribution in [0.15, 0.2) is 29.3 Å². The number of halogens is 1. The van der Waals surface area contributed by atoms with E-state index in [1.165, 1.54) is 31.4 Å². The molecule has 3 N–H and O–H groups in total. The van der Waals surface area contributed by atoms with Crippen LogP contribution in [0.2, 0.25) is 0 Å². The number of nitrogens with one attached hydrogen (secondary N) is 1. The molecule has 1 aromatic carbocycles. The molecule has 4 heteroatoms. The molecule has 17 heavy (non-hydrogen) atoms. The van der Waals surface area contributed by atoms with Crippen LogP contribution in [0.25, 0.3) is 0 Å². The highest BCUT2D eigenvalue weighted by atomic mass is 19.1. The lowest BCUT2D eigenvalue weighted by Crippen LogP contribution is -2.32. The molecule has 0 saturated heterocycles. The quantitative estimate of drug-likeness (QED) is 0.358. The largest absolute Gasteiger partial charge is 0.308 e. The van der Waals surface area contributed by atoms with Crippen molar-refractivity contribution in [3.05, 3.63) is 35.6 Å². The van der Waals surface area contributed by atoms with Crippen LogP contribution >= 0.6 is 0 Å². The highest BCUT2D eigenvalue weighted by Gasteiger charge is 2.13. The zero-order valence-corrected chi connectivity index (χ0v) is 9.82. The molecule has 3 nitrogen and oxygen atoms in total. The number of nitrogens with two attached hydrogens (primary N) is 1. The zero-order chi connectivity index (χ0) is 12.1. The Morgan fingerprint density at radius 3 is 2.71 bits per heavy atom. The lowest BCUT2D eigenvalue weighted by Gasteiger charge is -2.19. The molecule has 0 bridgehead atoms. The molecular formula is C13H18FN3. The summed E-state index contributed by atoms with van der Waals surface area (Å²) < 4.78 is 13.1. The van der Waals surface area contributed by atoms with Crippen LogP contribution in [0, 0.1) is 5.82 Å². The topological polar surface area (TPSA) is 50.4 Å². The Morgan fingerprint density at radius 1 is 1.29 bits per heavy atom. The van der Waals surface area contributed by atoms with Gasteiger partial charge in [0.05, 0.1) is 6.04 Å². The van der Waals surface area contributed by atoms with Crippen LogP contribution in [-0.4, -0.2) is 11.9 Å². The summed E-state index contributed by atoms with van der Waals surface area (Å²) in [6, 6.07) is 6.65. The Kier molecular flexibility index (Phi) is 4.09. The highest BCUT2D eigenvalue weighted by Crippen LogP contribution is 2.20. The van der Waals surface area contributed by atoms with E-state index < -0.39 is 0 Å². The van der Waals surface area contributed by atoms with Gasteiger partial charge in [0.1, 0.15) is 11.7 Å². The number of hydrogen-bond donors (Lipinski definition) is 2. The number of hydrazine groups is 1. The maximum absolute atomic E-state index is 13.1. The molecule has 1 saturated carbocycles. The van der Waals surface area contributed by atoms with Crippen LogP contribution in [0.3, 0.4) is 0 Å². The van der Waals surface area contributed by atoms with E-state index in [2.05, 4.69) is 10.4 Å². The van der Waals surface area contributed by atoms with E-state index in [9.17, 15) is 4.39 Å². The highest BCUT2D eigenvalue weighted by molar-refractivity contribution is 5.98. The van der Waals surface area contributed by atoms with Gasteiger partial charge in [-0.05, 0) is 25.0 Å². The molecule has 0 amide bonds. The summed E-state index contributed by atoms with van der Waals surface area (Å²) in [6.07, 6.45) is 5.92. The molecule has 0 aliphatic heterocycles. The number of hydrogen-bond acceptors (Lipinski definition) is 2. The Labute approximate surface area is 101 Å². The van der Waals surface area contributed by atoms with E-state index in [0.29, 0.717) is 17.4 Å². The minimum Gasteiger partial charge on any atom is -0.308 e. The van der Waals surface area contributed by atoms with Crippen LogP contribution in [0.4, 0.5) is 4.39 Å². The average molecular weight is 235 g/mol. The molecule has 2 rings (SSSR count). The lowest BCUT2D eigenvalue weighted by molar-refractivity contribution is 0.442. The maximum Gasteiger partial charge on any atom is 0.142 e. The number of benzene rings is 1. The number of nitrogens with zero attached hydrogens (tertiary/aromatic N) is 1. The smallest absolute Gasteiger partial charge is 0.142 e. The van der Waals surface area contributed by atoms with E-state index in [-0.39, 0.29) is 5.82 Å². The third-order valence-corrected chi connectivity index (χ3v) is 3.12. The molecule has 0 unspecified atom stereocenters. The van der Waals surface area contributed by atoms with Crippen molar-refractivity contribution in [2.24, 2.45) is 10.8 Å². The lowest BCUT2D eigenvalue weighted by atomic mass is 9.96. The first-order valence-electron chi connectivity index (χ1n) is 6.10. The minimum absolute atomic E-state index is 0.269. The predicted molar refractivity (Wildman–Crippen MR) is 67.1 cm³/mol. The maximum atomic E-state index is 13.1. The third kappa shape index (κ3) is 3.27. The van der Waals surface area contributed by atoms with Gasteiger partial charge in [0.2, 0.25) is 0 Å². The second kappa shape index (κ2) is 5.77. The molecule has 92 valence electrons. The fraction of sp³-hybridized carbons (Fsp3) is 0.462. The minimum atomic E-state index is -0.269. The first-order chi connectivity index (χ1) is 8.29. The summed E-state index contributed by atoms with van der Waals surface area (Å²) in [5.74, 6) is 5.78. The van der Waals surface area contributed by atoms with Crippen molar-refractivity contribution >= 4 is 5.84 Å². The Morgan fingerprint density at radius 2 is 2.06 bits per heavy atom. The summed E-state index contributed by atoms with van der Waals surface area (Å²) in [4.78, 5) is 4.58. The number of amidine groups is 1. The molecular weight excluding hydrogens is 217 g/mol. The molecule has 0 radical (unpaired) electrons. The van der Waals surface area contributed by atoms with Crippen molar-refractivity contribution in [1.82, 2.24) is 5.43 Å². The summed E-state index contributed by atoms with van der Waals surface area (Å²) in [7, 11) is 0. The van der Waals surface area contributed by atoms with Gasteiger partial charge in [0.25, 0.3) is 0 Å². The van der Waals surface area contributed by atoms with E-state index in [0.717, 1.165) is 12.8 Å². The second-order valence-corrected chi connectivity index (χ2v) is 4.42. The molecule has 0 atom stereocenters. The number of rotatable bonds is 2. The van der Waals surface area contributed by atoms with Crippen LogP contribution < -0.4 is 11.3 Å². The van der Waals surface area contributed by atoms with Gasteiger partial charge in [-0.1, -0.05) is 31.4 Å². The van der Waals surface area contributed by atoms with Gasteiger partial charge >= 0.3 is 0 Å². The Hall–Kier alpha value is -1.42. The second-order valence-electron chi connectivity index (χ2n) is 4.42. The van der Waals surface area contributed by atoms with Gasteiger partial charge in [-0.3, -0.25) is 4.99 Å². The van der Waals surface area contributed by atoms with Crippen molar-refractivity contribution in [3.8, 4) is 0 Å². The van der Waals surface area contributed by atoms with Gasteiger partial charge in [-0.15, -0.1) is 0 Å². The Balaban J connectivity index is 2.17. The molecule has 0 heterocycles. The van der Waals surface area contributed by atoms with Gasteiger partial charge < -0.3 is 5.43 Å². The van der Waals surface area contributed by atoms with Gasteiger partial charge in [0.15, 0.2) is 0 Å². The third-order valence-electron chi connectivity index (χ3n) is 3.12. The van der Waals surface area contributed by atoms with Crippen molar-refractivity contribution < 1.29 is 4.39 Å². The standard InChI is InChI=1S/C13H18FN3/c14-11-6-4-5-10(9-11)13(17-15)16-12-7-2-1-3-8-12/h4-6,9,12H,1-3,7-8,15H2,(H,16,17). The van der Waals surface area contributed by atoms with Gasteiger partial charge in [0, 0.05) is 5.56 Å². The molecule has 1 aliphatic carbocycles.